The van der Waals surface area contributed by atoms with Crippen LogP contribution in [-0.4, -0.2) is 10.6 Å². The van der Waals surface area contributed by atoms with Gasteiger partial charge in [-0.15, -0.1) is 11.3 Å². The third-order valence-corrected chi connectivity index (χ3v) is 2.44. The molecule has 0 aliphatic rings. The van der Waals surface area contributed by atoms with Gasteiger partial charge in [0.2, 0.25) is 0 Å². The maximum absolute atomic E-state index is 9.63. The highest BCUT2D eigenvalue weighted by molar-refractivity contribution is 7.10. The highest BCUT2D eigenvalue weighted by Gasteiger charge is 2.24. The lowest BCUT2D eigenvalue weighted by molar-refractivity contribution is 0.108. The third-order valence-electron chi connectivity index (χ3n) is 1.52. The van der Waals surface area contributed by atoms with Crippen LogP contribution in [0.25, 0.3) is 0 Å². The van der Waals surface area contributed by atoms with Gasteiger partial charge in [0.25, 0.3) is 0 Å². The topological polar surface area (TPSA) is 46.2 Å². The van der Waals surface area contributed by atoms with E-state index in [1.165, 1.54) is 11.3 Å². The van der Waals surface area contributed by atoms with Gasteiger partial charge in [0, 0.05) is 10.4 Å². The summed E-state index contributed by atoms with van der Waals surface area (Å²) in [5.41, 5.74) is 5.18. The molecule has 0 aliphatic heterocycles. The zero-order chi connectivity index (χ0) is 8.48. The normalized spacial score (nSPS) is 14.9. The van der Waals surface area contributed by atoms with Gasteiger partial charge in [0.1, 0.15) is 6.10 Å². The predicted molar refractivity (Wildman–Crippen MR) is 47.5 cm³/mol. The molecule has 1 heterocycles. The molecule has 2 nitrogen and oxygen atoms in total. The van der Waals surface area contributed by atoms with Crippen molar-refractivity contribution in [2.75, 3.05) is 0 Å². The van der Waals surface area contributed by atoms with E-state index in [2.05, 4.69) is 0 Å². The summed E-state index contributed by atoms with van der Waals surface area (Å²) in [6.07, 6.45) is -0.553. The van der Waals surface area contributed by atoms with Crippen molar-refractivity contribution in [2.45, 2.75) is 25.5 Å². The van der Waals surface area contributed by atoms with Gasteiger partial charge in [-0.1, -0.05) is 6.07 Å². The summed E-state index contributed by atoms with van der Waals surface area (Å²) >= 11 is 1.53. The highest BCUT2D eigenvalue weighted by atomic mass is 32.1. The molecule has 0 saturated carbocycles. The van der Waals surface area contributed by atoms with Crippen molar-refractivity contribution in [3.63, 3.8) is 0 Å². The number of hydrogen-bond acceptors (Lipinski definition) is 3. The van der Waals surface area contributed by atoms with E-state index in [9.17, 15) is 5.11 Å². The van der Waals surface area contributed by atoms with Crippen molar-refractivity contribution in [3.05, 3.63) is 22.4 Å². The Hall–Kier alpha value is -0.380. The van der Waals surface area contributed by atoms with Crippen LogP contribution in [0.5, 0.6) is 0 Å². The molecule has 0 bridgehead atoms. The molecule has 0 amide bonds. The van der Waals surface area contributed by atoms with Gasteiger partial charge in [-0.3, -0.25) is 0 Å². The molecule has 3 heteroatoms. The molecular weight excluding hydrogens is 158 g/mol. The minimum absolute atomic E-state index is 0.551. The van der Waals surface area contributed by atoms with E-state index in [4.69, 9.17) is 5.73 Å². The molecule has 0 saturated heterocycles. The number of thiophene rings is 1. The van der Waals surface area contributed by atoms with Crippen LogP contribution in [0.1, 0.15) is 24.8 Å². The molecule has 1 atom stereocenters. The molecule has 1 aromatic rings. The second kappa shape index (κ2) is 2.93. The zero-order valence-electron chi connectivity index (χ0n) is 6.74. The van der Waals surface area contributed by atoms with E-state index < -0.39 is 11.6 Å². The Morgan fingerprint density at radius 2 is 2.27 bits per heavy atom. The van der Waals surface area contributed by atoms with Gasteiger partial charge in [0.15, 0.2) is 0 Å². The van der Waals surface area contributed by atoms with E-state index in [0.717, 1.165) is 4.88 Å². The van der Waals surface area contributed by atoms with Crippen molar-refractivity contribution >= 4 is 11.3 Å². The molecule has 0 spiro atoms. The van der Waals surface area contributed by atoms with Gasteiger partial charge in [-0.05, 0) is 25.3 Å². The number of rotatable bonds is 2. The van der Waals surface area contributed by atoms with Crippen LogP contribution in [0.4, 0.5) is 0 Å². The van der Waals surface area contributed by atoms with E-state index in [-0.39, 0.29) is 0 Å². The largest absolute Gasteiger partial charge is 0.386 e. The van der Waals surface area contributed by atoms with Gasteiger partial charge in [0.05, 0.1) is 0 Å². The summed E-state index contributed by atoms with van der Waals surface area (Å²) in [7, 11) is 0. The van der Waals surface area contributed by atoms with Gasteiger partial charge >= 0.3 is 0 Å². The van der Waals surface area contributed by atoms with E-state index in [0.29, 0.717) is 0 Å². The molecule has 1 rings (SSSR count). The lowest BCUT2D eigenvalue weighted by Crippen LogP contribution is -2.38. The lowest BCUT2D eigenvalue weighted by atomic mass is 9.98. The summed E-state index contributed by atoms with van der Waals surface area (Å²) in [6, 6.07) is 3.80. The van der Waals surface area contributed by atoms with Crippen LogP contribution < -0.4 is 5.73 Å². The van der Waals surface area contributed by atoms with Crippen LogP contribution in [-0.2, 0) is 0 Å². The first-order chi connectivity index (χ1) is 5.02. The third kappa shape index (κ3) is 2.02. The number of nitrogens with two attached hydrogens (primary N) is 1. The van der Waals surface area contributed by atoms with Crippen molar-refractivity contribution in [2.24, 2.45) is 5.73 Å². The monoisotopic (exact) mass is 171 g/mol. The van der Waals surface area contributed by atoms with Crippen LogP contribution in [0.15, 0.2) is 17.5 Å². The molecule has 11 heavy (non-hydrogen) atoms. The Morgan fingerprint density at radius 3 is 2.64 bits per heavy atom. The summed E-state index contributed by atoms with van der Waals surface area (Å²) in [5, 5.41) is 11.6. The Bertz CT molecular complexity index is 212. The van der Waals surface area contributed by atoms with E-state index in [1.54, 1.807) is 0 Å². The molecule has 0 radical (unpaired) electrons. The standard InChI is InChI=1S/C8H13NOS/c1-8(2,9)7(10)6-4-3-5-11-6/h3-5,7,10H,9H2,1-2H3/t7-/m1/s1. The van der Waals surface area contributed by atoms with Gasteiger partial charge < -0.3 is 10.8 Å². The SMILES string of the molecule is CC(C)(N)[C@H](O)c1cccs1. The average Bonchev–Trinajstić information content (AvgIpc) is 2.34. The molecule has 0 aromatic carbocycles. The number of hydrogen-bond donors (Lipinski definition) is 2. The lowest BCUT2D eigenvalue weighted by Gasteiger charge is -2.24. The Kier molecular flexibility index (Phi) is 2.32. The average molecular weight is 171 g/mol. The van der Waals surface area contributed by atoms with Gasteiger partial charge in [-0.2, -0.15) is 0 Å². The quantitative estimate of drug-likeness (QED) is 0.708. The summed E-state index contributed by atoms with van der Waals surface area (Å²) < 4.78 is 0. The second-order valence-corrected chi connectivity index (χ2v) is 4.22. The van der Waals surface area contributed by atoms with E-state index in [1.807, 2.05) is 31.4 Å². The smallest absolute Gasteiger partial charge is 0.105 e. The maximum Gasteiger partial charge on any atom is 0.105 e. The number of aliphatic hydroxyl groups is 1. The fourth-order valence-corrected chi connectivity index (χ4v) is 1.72. The van der Waals surface area contributed by atoms with Crippen LogP contribution >= 0.6 is 11.3 Å². The number of aliphatic hydroxyl groups excluding tert-OH is 1. The maximum atomic E-state index is 9.63. The molecule has 0 fully saturated rings. The predicted octanol–water partition coefficient (Wildman–Crippen LogP) is 1.52. The summed E-state index contributed by atoms with van der Waals surface area (Å²) in [5.74, 6) is 0. The van der Waals surface area contributed by atoms with Crippen molar-refractivity contribution < 1.29 is 5.11 Å². The van der Waals surface area contributed by atoms with Crippen LogP contribution in [0, 0.1) is 0 Å². The first kappa shape index (κ1) is 8.71. The summed E-state index contributed by atoms with van der Waals surface area (Å²) in [6.45, 7) is 3.63. The molecular formula is C8H13NOS. The Labute approximate surface area is 70.7 Å². The zero-order valence-corrected chi connectivity index (χ0v) is 7.56. The Balaban J connectivity index is 2.78. The molecule has 3 N–H and O–H groups in total. The van der Waals surface area contributed by atoms with Crippen molar-refractivity contribution in [3.8, 4) is 0 Å². The van der Waals surface area contributed by atoms with Crippen LogP contribution in [0.3, 0.4) is 0 Å². The highest BCUT2D eigenvalue weighted by Crippen LogP contribution is 2.26. The second-order valence-electron chi connectivity index (χ2n) is 3.24. The fourth-order valence-electron chi connectivity index (χ4n) is 0.814. The minimum atomic E-state index is -0.553. The molecule has 62 valence electrons. The molecule has 0 unspecified atom stereocenters. The van der Waals surface area contributed by atoms with Crippen LogP contribution in [0.2, 0.25) is 0 Å². The van der Waals surface area contributed by atoms with E-state index >= 15 is 0 Å². The summed E-state index contributed by atoms with van der Waals surface area (Å²) in [4.78, 5) is 0.928. The Morgan fingerprint density at radius 1 is 1.64 bits per heavy atom. The van der Waals surface area contributed by atoms with Gasteiger partial charge in [-0.25, -0.2) is 0 Å². The molecule has 0 aliphatic carbocycles. The fraction of sp³-hybridized carbons (Fsp3) is 0.500. The molecule has 1 aromatic heterocycles. The van der Waals surface area contributed by atoms with Crippen molar-refractivity contribution in [1.29, 1.82) is 0 Å². The first-order valence-corrected chi connectivity index (χ1v) is 4.40. The first-order valence-electron chi connectivity index (χ1n) is 3.52. The van der Waals surface area contributed by atoms with Crippen molar-refractivity contribution in [1.82, 2.24) is 0 Å². The minimum Gasteiger partial charge on any atom is -0.386 e.